The number of hydrazine groups is 1. The first-order valence-electron chi connectivity index (χ1n) is 4.93. The third-order valence-corrected chi connectivity index (χ3v) is 2.46. The van der Waals surface area contributed by atoms with Crippen molar-refractivity contribution in [3.05, 3.63) is 36.3 Å². The normalized spacial score (nSPS) is 15.3. The van der Waals surface area contributed by atoms with Crippen LogP contribution in [0.1, 0.15) is 12.6 Å². The summed E-state index contributed by atoms with van der Waals surface area (Å²) in [6, 6.07) is 4.11. The van der Waals surface area contributed by atoms with E-state index in [1.807, 2.05) is 12.3 Å². The van der Waals surface area contributed by atoms with Gasteiger partial charge in [-0.3, -0.25) is 15.0 Å². The lowest BCUT2D eigenvalue weighted by atomic mass is 10.2. The van der Waals surface area contributed by atoms with Gasteiger partial charge in [-0.2, -0.15) is 0 Å². The summed E-state index contributed by atoms with van der Waals surface area (Å²) in [5, 5.41) is 4.31. The molecule has 0 aromatic carbocycles. The van der Waals surface area contributed by atoms with Gasteiger partial charge in [0.25, 0.3) is 0 Å². The van der Waals surface area contributed by atoms with Crippen molar-refractivity contribution in [2.45, 2.75) is 13.3 Å². The Bertz CT molecular complexity index is 346. The number of nitrogens with zero attached hydrogens (tertiary/aromatic N) is 3. The van der Waals surface area contributed by atoms with Gasteiger partial charge in [-0.05, 0) is 24.6 Å². The lowest BCUT2D eigenvalue weighted by Crippen LogP contribution is -2.32. The van der Waals surface area contributed by atoms with Gasteiger partial charge in [-0.25, -0.2) is 0 Å². The van der Waals surface area contributed by atoms with E-state index in [0.29, 0.717) is 0 Å². The summed E-state index contributed by atoms with van der Waals surface area (Å²) >= 11 is 0. The van der Waals surface area contributed by atoms with E-state index in [0.717, 1.165) is 18.7 Å². The molecular weight excluding hydrogens is 174 g/mol. The first-order valence-corrected chi connectivity index (χ1v) is 4.93. The number of aromatic nitrogens is 1. The fourth-order valence-electron chi connectivity index (χ4n) is 1.71. The zero-order valence-electron chi connectivity index (χ0n) is 8.64. The predicted octanol–water partition coefficient (Wildman–Crippen LogP) is 1.82. The lowest BCUT2D eigenvalue weighted by Gasteiger charge is -2.28. The van der Waals surface area contributed by atoms with E-state index in [4.69, 9.17) is 0 Å². The molecule has 0 amide bonds. The molecule has 0 N–H and O–H groups in total. The van der Waals surface area contributed by atoms with Crippen molar-refractivity contribution in [2.24, 2.45) is 0 Å². The predicted molar refractivity (Wildman–Crippen MR) is 57.9 cm³/mol. The molecular formula is C11H15N3. The first-order chi connectivity index (χ1) is 6.83. The van der Waals surface area contributed by atoms with Crippen molar-refractivity contribution < 1.29 is 0 Å². The molecule has 0 spiro atoms. The molecule has 0 bridgehead atoms. The van der Waals surface area contributed by atoms with Crippen LogP contribution < -0.4 is 5.01 Å². The Kier molecular flexibility index (Phi) is 2.39. The highest BCUT2D eigenvalue weighted by molar-refractivity contribution is 5.51. The van der Waals surface area contributed by atoms with Crippen LogP contribution in [0.15, 0.2) is 30.6 Å². The maximum Gasteiger partial charge on any atom is 0.0792 e. The standard InChI is InChI=1S/C11H15N3/c1-3-10-11(6-4-7-12-10)14-9-5-8-13(14)2/h4-8H,3,9H2,1-2H3. The average molecular weight is 189 g/mol. The minimum atomic E-state index is 0.940. The summed E-state index contributed by atoms with van der Waals surface area (Å²) in [4.78, 5) is 4.38. The second kappa shape index (κ2) is 3.70. The molecule has 2 heterocycles. The Morgan fingerprint density at radius 3 is 3.00 bits per heavy atom. The number of aryl methyl sites for hydroxylation is 1. The summed E-state index contributed by atoms with van der Waals surface area (Å²) in [6.45, 7) is 3.07. The molecule has 1 aliphatic heterocycles. The van der Waals surface area contributed by atoms with Gasteiger partial charge in [0.2, 0.25) is 0 Å². The minimum Gasteiger partial charge on any atom is -0.296 e. The molecule has 0 fully saturated rings. The molecule has 74 valence electrons. The molecule has 0 aliphatic carbocycles. The topological polar surface area (TPSA) is 19.4 Å². The van der Waals surface area contributed by atoms with E-state index in [9.17, 15) is 0 Å². The van der Waals surface area contributed by atoms with Gasteiger partial charge in [0.05, 0.1) is 17.9 Å². The highest BCUT2D eigenvalue weighted by atomic mass is 15.6. The van der Waals surface area contributed by atoms with Gasteiger partial charge in [0, 0.05) is 19.4 Å². The van der Waals surface area contributed by atoms with Crippen LogP contribution in [0.2, 0.25) is 0 Å². The maximum atomic E-state index is 4.38. The molecule has 0 atom stereocenters. The van der Waals surface area contributed by atoms with Gasteiger partial charge >= 0.3 is 0 Å². The molecule has 0 saturated heterocycles. The quantitative estimate of drug-likeness (QED) is 0.707. The molecule has 14 heavy (non-hydrogen) atoms. The van der Waals surface area contributed by atoms with E-state index in [2.05, 4.69) is 47.3 Å². The van der Waals surface area contributed by atoms with Crippen LogP contribution in [0.25, 0.3) is 0 Å². The van der Waals surface area contributed by atoms with Crippen molar-refractivity contribution >= 4 is 5.69 Å². The van der Waals surface area contributed by atoms with Gasteiger partial charge in [-0.15, -0.1) is 0 Å². The van der Waals surface area contributed by atoms with Crippen LogP contribution in [0.3, 0.4) is 0 Å². The SMILES string of the molecule is CCc1ncccc1N1CC=CN1C. The molecule has 0 radical (unpaired) electrons. The van der Waals surface area contributed by atoms with Gasteiger partial charge in [-0.1, -0.05) is 6.92 Å². The van der Waals surface area contributed by atoms with E-state index in [1.165, 1.54) is 5.69 Å². The van der Waals surface area contributed by atoms with Gasteiger partial charge < -0.3 is 0 Å². The van der Waals surface area contributed by atoms with Crippen LogP contribution in [-0.4, -0.2) is 23.6 Å². The Labute approximate surface area is 84.6 Å². The Hall–Kier alpha value is -1.51. The molecule has 2 rings (SSSR count). The van der Waals surface area contributed by atoms with E-state index >= 15 is 0 Å². The van der Waals surface area contributed by atoms with Crippen molar-refractivity contribution in [3.63, 3.8) is 0 Å². The summed E-state index contributed by atoms with van der Waals surface area (Å²) < 4.78 is 0. The molecule has 1 aliphatic rings. The zero-order valence-corrected chi connectivity index (χ0v) is 8.64. The summed E-state index contributed by atoms with van der Waals surface area (Å²) in [5.41, 5.74) is 2.37. The summed E-state index contributed by atoms with van der Waals surface area (Å²) in [6.07, 6.45) is 7.05. The number of anilines is 1. The van der Waals surface area contributed by atoms with Crippen LogP contribution in [0.5, 0.6) is 0 Å². The second-order valence-electron chi connectivity index (χ2n) is 3.36. The molecule has 3 heteroatoms. The monoisotopic (exact) mass is 189 g/mol. The number of hydrogen-bond donors (Lipinski definition) is 0. The molecule has 0 unspecified atom stereocenters. The highest BCUT2D eigenvalue weighted by Gasteiger charge is 2.15. The highest BCUT2D eigenvalue weighted by Crippen LogP contribution is 2.22. The first kappa shape index (κ1) is 9.06. The lowest BCUT2D eigenvalue weighted by molar-refractivity contribution is 0.453. The van der Waals surface area contributed by atoms with Crippen LogP contribution in [0, 0.1) is 0 Å². The zero-order chi connectivity index (χ0) is 9.97. The Morgan fingerprint density at radius 2 is 2.36 bits per heavy atom. The third kappa shape index (κ3) is 1.45. The summed E-state index contributed by atoms with van der Waals surface area (Å²) in [7, 11) is 2.05. The smallest absolute Gasteiger partial charge is 0.0792 e. The fourth-order valence-corrected chi connectivity index (χ4v) is 1.71. The van der Waals surface area contributed by atoms with Crippen molar-refractivity contribution in [1.82, 2.24) is 9.99 Å². The fraction of sp³-hybridized carbons (Fsp3) is 0.364. The van der Waals surface area contributed by atoms with Crippen LogP contribution in [-0.2, 0) is 6.42 Å². The number of hydrogen-bond acceptors (Lipinski definition) is 3. The molecule has 1 aromatic rings. The molecule has 3 nitrogen and oxygen atoms in total. The molecule has 1 aromatic heterocycles. The third-order valence-electron chi connectivity index (χ3n) is 2.46. The largest absolute Gasteiger partial charge is 0.296 e. The van der Waals surface area contributed by atoms with Crippen molar-refractivity contribution in [1.29, 1.82) is 0 Å². The average Bonchev–Trinajstić information content (AvgIpc) is 2.64. The Balaban J connectivity index is 2.31. The number of pyridine rings is 1. The second-order valence-corrected chi connectivity index (χ2v) is 3.36. The van der Waals surface area contributed by atoms with Crippen molar-refractivity contribution in [2.75, 3.05) is 18.6 Å². The minimum absolute atomic E-state index is 0.940. The van der Waals surface area contributed by atoms with Crippen molar-refractivity contribution in [3.8, 4) is 0 Å². The van der Waals surface area contributed by atoms with Crippen LogP contribution >= 0.6 is 0 Å². The van der Waals surface area contributed by atoms with Gasteiger partial charge in [0.15, 0.2) is 0 Å². The molecule has 0 saturated carbocycles. The number of rotatable bonds is 2. The van der Waals surface area contributed by atoms with Crippen LogP contribution in [0.4, 0.5) is 5.69 Å². The maximum absolute atomic E-state index is 4.38. The van der Waals surface area contributed by atoms with Gasteiger partial charge in [0.1, 0.15) is 0 Å². The van der Waals surface area contributed by atoms with E-state index in [1.54, 1.807) is 0 Å². The van der Waals surface area contributed by atoms with E-state index in [-0.39, 0.29) is 0 Å². The van der Waals surface area contributed by atoms with E-state index < -0.39 is 0 Å². The summed E-state index contributed by atoms with van der Waals surface area (Å²) in [5.74, 6) is 0. The Morgan fingerprint density at radius 1 is 1.50 bits per heavy atom.